The Morgan fingerprint density at radius 3 is 2.43 bits per heavy atom. The molecule has 1 aromatic carbocycles. The molecule has 0 bridgehead atoms. The second kappa shape index (κ2) is 5.15. The first kappa shape index (κ1) is 16.1. The predicted molar refractivity (Wildman–Crippen MR) is 79.1 cm³/mol. The lowest BCUT2D eigenvalue weighted by Crippen LogP contribution is -2.27. The van der Waals surface area contributed by atoms with E-state index in [-0.39, 0.29) is 5.52 Å². The number of alkyl halides is 3. The number of aromatic nitrogens is 2. The maximum Gasteiger partial charge on any atom is 0.435 e. The molecule has 0 amide bonds. The second-order valence-electron chi connectivity index (χ2n) is 5.41. The van der Waals surface area contributed by atoms with Crippen molar-refractivity contribution in [2.24, 2.45) is 0 Å². The van der Waals surface area contributed by atoms with Crippen LogP contribution in [0, 0.1) is 3.70 Å². The Hall–Kier alpha value is -1.32. The number of hydrogen-bond donors (Lipinski definition) is 0. The highest BCUT2D eigenvalue weighted by molar-refractivity contribution is 14.1. The molecule has 0 aliphatic carbocycles. The molecule has 8 heteroatoms. The van der Waals surface area contributed by atoms with Gasteiger partial charge in [-0.1, -0.05) is 0 Å². The molecule has 2 rings (SSSR count). The highest BCUT2D eigenvalue weighted by Gasteiger charge is 2.32. The largest absolute Gasteiger partial charge is 0.442 e. The Balaban J connectivity index is 2.56. The van der Waals surface area contributed by atoms with E-state index in [4.69, 9.17) is 4.74 Å². The van der Waals surface area contributed by atoms with Crippen molar-refractivity contribution >= 4 is 39.6 Å². The molecular weight excluding hydrogens is 400 g/mol. The van der Waals surface area contributed by atoms with Gasteiger partial charge in [0.2, 0.25) is 0 Å². The fraction of sp³-hybridized carbons (Fsp3) is 0.385. The molecule has 21 heavy (non-hydrogen) atoms. The van der Waals surface area contributed by atoms with Gasteiger partial charge in [-0.3, -0.25) is 0 Å². The molecule has 0 aliphatic heterocycles. The Labute approximate surface area is 132 Å². The number of halogens is 4. The predicted octanol–water partition coefficient (Wildman–Crippen LogP) is 4.44. The molecule has 0 spiro atoms. The van der Waals surface area contributed by atoms with Gasteiger partial charge in [-0.15, -0.1) is 0 Å². The molecule has 1 aromatic heterocycles. The minimum absolute atomic E-state index is 0.0727. The van der Waals surface area contributed by atoms with Crippen LogP contribution in [0.4, 0.5) is 18.0 Å². The van der Waals surface area contributed by atoms with Crippen molar-refractivity contribution in [3.8, 4) is 0 Å². The average Bonchev–Trinajstić information content (AvgIpc) is 2.63. The zero-order valence-electron chi connectivity index (χ0n) is 11.5. The van der Waals surface area contributed by atoms with Crippen molar-refractivity contribution in [3.05, 3.63) is 27.5 Å². The number of carbonyl (C=O) groups is 1. The molecule has 0 aliphatic rings. The Kier molecular flexibility index (Phi) is 3.94. The van der Waals surface area contributed by atoms with E-state index in [9.17, 15) is 18.0 Å². The van der Waals surface area contributed by atoms with Crippen molar-refractivity contribution in [1.82, 2.24) is 9.78 Å². The Morgan fingerprint density at radius 2 is 1.90 bits per heavy atom. The number of ether oxygens (including phenoxy) is 1. The molecule has 2 aromatic rings. The average molecular weight is 412 g/mol. The van der Waals surface area contributed by atoms with Crippen molar-refractivity contribution in [2.75, 3.05) is 0 Å². The number of nitrogens with zero attached hydrogens (tertiary/aromatic N) is 2. The first-order valence-corrected chi connectivity index (χ1v) is 7.06. The van der Waals surface area contributed by atoms with Gasteiger partial charge >= 0.3 is 12.3 Å². The van der Waals surface area contributed by atoms with Crippen LogP contribution in [0.25, 0.3) is 10.9 Å². The monoisotopic (exact) mass is 412 g/mol. The SMILES string of the molecule is CC(C)(C)OC(=O)n1nc(I)c2ccc(C(F)(F)F)cc21. The van der Waals surface area contributed by atoms with Gasteiger partial charge in [0.25, 0.3) is 0 Å². The van der Waals surface area contributed by atoms with E-state index in [0.29, 0.717) is 9.09 Å². The van der Waals surface area contributed by atoms with Crippen molar-refractivity contribution in [1.29, 1.82) is 0 Å². The lowest BCUT2D eigenvalue weighted by Gasteiger charge is -2.19. The summed E-state index contributed by atoms with van der Waals surface area (Å²) in [4.78, 5) is 12.0. The third-order valence-corrected chi connectivity index (χ3v) is 3.33. The molecule has 114 valence electrons. The summed E-state index contributed by atoms with van der Waals surface area (Å²) >= 11 is 1.86. The zero-order chi connectivity index (χ0) is 16.0. The quantitative estimate of drug-likeness (QED) is 0.601. The van der Waals surface area contributed by atoms with E-state index < -0.39 is 23.4 Å². The summed E-state index contributed by atoms with van der Waals surface area (Å²) in [7, 11) is 0. The normalized spacial score (nSPS) is 12.7. The Morgan fingerprint density at radius 1 is 1.29 bits per heavy atom. The van der Waals surface area contributed by atoms with Crippen LogP contribution in [0.1, 0.15) is 26.3 Å². The Bertz CT molecular complexity index is 702. The molecule has 0 saturated carbocycles. The van der Waals surface area contributed by atoms with Gasteiger partial charge in [-0.05, 0) is 61.6 Å². The van der Waals surface area contributed by atoms with Crippen LogP contribution >= 0.6 is 22.6 Å². The molecule has 4 nitrogen and oxygen atoms in total. The number of rotatable bonds is 0. The summed E-state index contributed by atoms with van der Waals surface area (Å²) in [6.45, 7) is 5.01. The maximum absolute atomic E-state index is 12.8. The lowest BCUT2D eigenvalue weighted by molar-refractivity contribution is -0.137. The third kappa shape index (κ3) is 3.47. The van der Waals surface area contributed by atoms with Gasteiger partial charge in [-0.2, -0.15) is 23.0 Å². The van der Waals surface area contributed by atoms with Crippen LogP contribution in [-0.4, -0.2) is 21.5 Å². The van der Waals surface area contributed by atoms with Crippen LogP contribution in [0.3, 0.4) is 0 Å². The van der Waals surface area contributed by atoms with Crippen molar-refractivity contribution < 1.29 is 22.7 Å². The summed E-state index contributed by atoms with van der Waals surface area (Å²) in [5, 5.41) is 4.43. The summed E-state index contributed by atoms with van der Waals surface area (Å²) in [6.07, 6.45) is -5.29. The number of fused-ring (bicyclic) bond motifs is 1. The van der Waals surface area contributed by atoms with Gasteiger partial charge in [0.05, 0.1) is 11.1 Å². The number of benzene rings is 1. The summed E-state index contributed by atoms with van der Waals surface area (Å²) in [5.41, 5.74) is -1.53. The molecule has 0 atom stereocenters. The summed E-state index contributed by atoms with van der Waals surface area (Å²) in [5.74, 6) is 0. The number of hydrogen-bond acceptors (Lipinski definition) is 3. The molecule has 0 N–H and O–H groups in total. The highest BCUT2D eigenvalue weighted by Crippen LogP contribution is 2.32. The molecule has 0 unspecified atom stereocenters. The summed E-state index contributed by atoms with van der Waals surface area (Å²) in [6, 6.07) is 3.16. The van der Waals surface area contributed by atoms with Crippen LogP contribution in [-0.2, 0) is 10.9 Å². The van der Waals surface area contributed by atoms with E-state index >= 15 is 0 Å². The van der Waals surface area contributed by atoms with Crippen molar-refractivity contribution in [3.63, 3.8) is 0 Å². The van der Waals surface area contributed by atoms with Crippen LogP contribution < -0.4 is 0 Å². The minimum Gasteiger partial charge on any atom is -0.442 e. The van der Waals surface area contributed by atoms with Crippen LogP contribution in [0.15, 0.2) is 18.2 Å². The van der Waals surface area contributed by atoms with Gasteiger partial charge < -0.3 is 4.74 Å². The van der Waals surface area contributed by atoms with Gasteiger partial charge in [0.1, 0.15) is 9.30 Å². The first-order valence-electron chi connectivity index (χ1n) is 5.98. The highest BCUT2D eigenvalue weighted by atomic mass is 127. The van der Waals surface area contributed by atoms with Gasteiger partial charge in [0, 0.05) is 5.39 Å². The topological polar surface area (TPSA) is 44.1 Å². The molecule has 0 fully saturated rings. The van der Waals surface area contributed by atoms with Crippen LogP contribution in [0.5, 0.6) is 0 Å². The maximum atomic E-state index is 12.8. The fourth-order valence-corrected chi connectivity index (χ4v) is 2.37. The zero-order valence-corrected chi connectivity index (χ0v) is 13.6. The standard InChI is InChI=1S/C13H12F3IN2O2/c1-12(2,3)21-11(20)19-9-6-7(13(14,15)16)4-5-8(9)10(17)18-19/h4-6H,1-3H3. The first-order chi connectivity index (χ1) is 9.49. The van der Waals surface area contributed by atoms with E-state index in [1.54, 1.807) is 20.8 Å². The fourth-order valence-electron chi connectivity index (χ4n) is 1.70. The third-order valence-electron chi connectivity index (χ3n) is 2.53. The number of carbonyl (C=O) groups excluding carboxylic acids is 1. The second-order valence-corrected chi connectivity index (χ2v) is 6.43. The van der Waals surface area contributed by atoms with Gasteiger partial charge in [0.15, 0.2) is 0 Å². The minimum atomic E-state index is -4.48. The molecule has 1 heterocycles. The van der Waals surface area contributed by atoms with E-state index in [2.05, 4.69) is 5.10 Å². The smallest absolute Gasteiger partial charge is 0.435 e. The summed E-state index contributed by atoms with van der Waals surface area (Å²) < 4.78 is 44.8. The van der Waals surface area contributed by atoms with Crippen molar-refractivity contribution in [2.45, 2.75) is 32.5 Å². The molecule has 0 saturated heterocycles. The molecule has 0 radical (unpaired) electrons. The van der Waals surface area contributed by atoms with E-state index in [0.717, 1.165) is 16.8 Å². The van der Waals surface area contributed by atoms with E-state index in [1.165, 1.54) is 6.07 Å². The lowest BCUT2D eigenvalue weighted by atomic mass is 10.1. The van der Waals surface area contributed by atoms with E-state index in [1.807, 2.05) is 22.6 Å². The molecular formula is C13H12F3IN2O2. The van der Waals surface area contributed by atoms with Gasteiger partial charge in [-0.25, -0.2) is 4.79 Å². The van der Waals surface area contributed by atoms with Crippen LogP contribution in [0.2, 0.25) is 0 Å².